The molecule has 7 heteroatoms. The number of nitrogens with zero attached hydrogens (tertiary/aromatic N) is 1. The van der Waals surface area contributed by atoms with Crippen molar-refractivity contribution in [3.63, 3.8) is 0 Å². The van der Waals surface area contributed by atoms with Gasteiger partial charge in [-0.25, -0.2) is 4.39 Å². The number of carbonyl (C=O) groups is 1. The van der Waals surface area contributed by atoms with E-state index in [1.165, 1.54) is 17.0 Å². The van der Waals surface area contributed by atoms with Crippen LogP contribution in [0.15, 0.2) is 18.2 Å². The number of likely N-dealkylation sites (N-methyl/N-ethyl adjacent to an activating group) is 1. The van der Waals surface area contributed by atoms with E-state index in [9.17, 15) is 9.18 Å². The molecule has 0 aliphatic carbocycles. The van der Waals surface area contributed by atoms with Gasteiger partial charge in [0, 0.05) is 37.8 Å². The number of methoxy groups -OCH3 is 1. The zero-order chi connectivity index (χ0) is 14.3. The summed E-state index contributed by atoms with van der Waals surface area (Å²) in [6, 6.07) is 4.47. The second-order valence-corrected chi connectivity index (χ2v) is 4.53. The van der Waals surface area contributed by atoms with E-state index in [0.29, 0.717) is 23.7 Å². The van der Waals surface area contributed by atoms with Gasteiger partial charge in [-0.3, -0.25) is 4.79 Å². The summed E-state index contributed by atoms with van der Waals surface area (Å²) in [6.45, 7) is 1.47. The molecule has 0 spiro atoms. The van der Waals surface area contributed by atoms with Crippen molar-refractivity contribution in [1.82, 2.24) is 10.2 Å². The van der Waals surface area contributed by atoms with Crippen LogP contribution in [0.2, 0.25) is 5.02 Å². The fraction of sp³-hybridized carbons (Fsp3) is 0.462. The van der Waals surface area contributed by atoms with Gasteiger partial charge in [0.2, 0.25) is 5.91 Å². The lowest BCUT2D eigenvalue weighted by Gasteiger charge is -2.18. The highest BCUT2D eigenvalue weighted by atomic mass is 35.5. The molecule has 20 heavy (non-hydrogen) atoms. The molecule has 1 aromatic rings. The summed E-state index contributed by atoms with van der Waals surface area (Å²) in [6.07, 6.45) is 0. The van der Waals surface area contributed by atoms with E-state index in [2.05, 4.69) is 5.32 Å². The lowest BCUT2D eigenvalue weighted by Crippen LogP contribution is -2.36. The van der Waals surface area contributed by atoms with Crippen LogP contribution in [-0.2, 0) is 16.1 Å². The van der Waals surface area contributed by atoms with Gasteiger partial charge < -0.3 is 15.0 Å². The highest BCUT2D eigenvalue weighted by Crippen LogP contribution is 2.20. The maximum absolute atomic E-state index is 13.6. The number of rotatable bonds is 7. The highest BCUT2D eigenvalue weighted by molar-refractivity contribution is 6.31. The lowest BCUT2D eigenvalue weighted by atomic mass is 10.2. The van der Waals surface area contributed by atoms with Crippen molar-refractivity contribution < 1.29 is 13.9 Å². The Morgan fingerprint density at radius 3 is 2.80 bits per heavy atom. The first-order valence-electron chi connectivity index (χ1n) is 5.92. The molecule has 0 aromatic heterocycles. The van der Waals surface area contributed by atoms with E-state index in [1.54, 1.807) is 20.2 Å². The Bertz CT molecular complexity index is 413. The largest absolute Gasteiger partial charge is 0.383 e. The molecule has 0 heterocycles. The van der Waals surface area contributed by atoms with Crippen LogP contribution in [-0.4, -0.2) is 44.7 Å². The van der Waals surface area contributed by atoms with Crippen LogP contribution in [0, 0.1) is 5.82 Å². The second kappa shape index (κ2) is 9.94. The standard InChI is InChI=1S/C13H18ClFN2O2.ClH/c1-17(13(18)8-16-6-7-19-2)9-10-11(14)4-3-5-12(10)15;/h3-5,16H,6-9H2,1-2H3;1H. The SMILES string of the molecule is COCCNCC(=O)N(C)Cc1c(F)cccc1Cl.Cl. The maximum atomic E-state index is 13.6. The van der Waals surface area contributed by atoms with E-state index in [0.717, 1.165) is 0 Å². The number of amides is 1. The maximum Gasteiger partial charge on any atom is 0.236 e. The average Bonchev–Trinajstić information content (AvgIpc) is 2.38. The van der Waals surface area contributed by atoms with Gasteiger partial charge in [-0.2, -0.15) is 0 Å². The zero-order valence-corrected chi connectivity index (χ0v) is 13.1. The molecule has 4 nitrogen and oxygen atoms in total. The van der Waals surface area contributed by atoms with Crippen LogP contribution in [0.1, 0.15) is 5.56 Å². The molecule has 0 aliphatic rings. The zero-order valence-electron chi connectivity index (χ0n) is 11.5. The minimum Gasteiger partial charge on any atom is -0.383 e. The normalized spacial score (nSPS) is 10.0. The van der Waals surface area contributed by atoms with Crippen molar-refractivity contribution >= 4 is 29.9 Å². The molecule has 1 aromatic carbocycles. The predicted molar refractivity (Wildman–Crippen MR) is 79.9 cm³/mol. The fourth-order valence-electron chi connectivity index (χ4n) is 1.51. The minimum atomic E-state index is -0.403. The number of nitrogens with one attached hydrogen (secondary N) is 1. The van der Waals surface area contributed by atoms with E-state index in [4.69, 9.17) is 16.3 Å². The van der Waals surface area contributed by atoms with Gasteiger partial charge in [0.25, 0.3) is 0 Å². The molecule has 0 fully saturated rings. The predicted octanol–water partition coefficient (Wildman–Crippen LogP) is 2.10. The molecule has 0 radical (unpaired) electrons. The Labute approximate surface area is 129 Å². The first kappa shape index (κ1) is 19.1. The third-order valence-electron chi connectivity index (χ3n) is 2.64. The summed E-state index contributed by atoms with van der Waals surface area (Å²) < 4.78 is 18.4. The second-order valence-electron chi connectivity index (χ2n) is 4.12. The van der Waals surface area contributed by atoms with Crippen molar-refractivity contribution in [2.75, 3.05) is 33.9 Å². The van der Waals surface area contributed by atoms with E-state index in [-0.39, 0.29) is 31.4 Å². The van der Waals surface area contributed by atoms with Gasteiger partial charge in [-0.1, -0.05) is 17.7 Å². The van der Waals surface area contributed by atoms with Gasteiger partial charge in [0.1, 0.15) is 5.82 Å². The van der Waals surface area contributed by atoms with Crippen molar-refractivity contribution in [3.8, 4) is 0 Å². The Morgan fingerprint density at radius 1 is 1.50 bits per heavy atom. The third-order valence-corrected chi connectivity index (χ3v) is 3.00. The highest BCUT2D eigenvalue weighted by Gasteiger charge is 2.13. The summed E-state index contributed by atoms with van der Waals surface area (Å²) >= 11 is 5.91. The van der Waals surface area contributed by atoms with E-state index in [1.807, 2.05) is 0 Å². The van der Waals surface area contributed by atoms with Crippen molar-refractivity contribution in [3.05, 3.63) is 34.6 Å². The van der Waals surface area contributed by atoms with E-state index < -0.39 is 5.82 Å². The summed E-state index contributed by atoms with van der Waals surface area (Å²) in [7, 11) is 3.21. The van der Waals surface area contributed by atoms with Crippen LogP contribution >= 0.6 is 24.0 Å². The number of carbonyl (C=O) groups excluding carboxylic acids is 1. The fourth-order valence-corrected chi connectivity index (χ4v) is 1.74. The van der Waals surface area contributed by atoms with Gasteiger partial charge in [0.15, 0.2) is 0 Å². The van der Waals surface area contributed by atoms with Crippen molar-refractivity contribution in [2.45, 2.75) is 6.54 Å². The summed E-state index contributed by atoms with van der Waals surface area (Å²) in [4.78, 5) is 13.2. The molecule has 0 aliphatic heterocycles. The molecule has 114 valence electrons. The van der Waals surface area contributed by atoms with Gasteiger partial charge in [-0.05, 0) is 12.1 Å². The van der Waals surface area contributed by atoms with Crippen LogP contribution in [0.3, 0.4) is 0 Å². The lowest BCUT2D eigenvalue weighted by molar-refractivity contribution is -0.129. The quantitative estimate of drug-likeness (QED) is 0.781. The van der Waals surface area contributed by atoms with Gasteiger partial charge in [0.05, 0.1) is 13.2 Å². The first-order valence-corrected chi connectivity index (χ1v) is 6.30. The number of benzene rings is 1. The molecule has 1 N–H and O–H groups in total. The number of halogens is 3. The van der Waals surface area contributed by atoms with Crippen molar-refractivity contribution in [1.29, 1.82) is 0 Å². The molecule has 0 unspecified atom stereocenters. The third kappa shape index (κ3) is 6.05. The summed E-state index contributed by atoms with van der Waals surface area (Å²) in [5.74, 6) is -0.532. The average molecular weight is 325 g/mol. The van der Waals surface area contributed by atoms with Crippen LogP contribution in [0.5, 0.6) is 0 Å². The van der Waals surface area contributed by atoms with Gasteiger partial charge in [-0.15, -0.1) is 12.4 Å². The molecule has 1 amide bonds. The number of hydrogen-bond donors (Lipinski definition) is 1. The Balaban J connectivity index is 0.00000361. The molecule has 1 rings (SSSR count). The van der Waals surface area contributed by atoms with Crippen LogP contribution in [0.25, 0.3) is 0 Å². The van der Waals surface area contributed by atoms with Crippen LogP contribution < -0.4 is 5.32 Å². The van der Waals surface area contributed by atoms with E-state index >= 15 is 0 Å². The van der Waals surface area contributed by atoms with Crippen LogP contribution in [0.4, 0.5) is 4.39 Å². The molecule has 0 saturated heterocycles. The monoisotopic (exact) mass is 324 g/mol. The topological polar surface area (TPSA) is 41.6 Å². The molecular weight excluding hydrogens is 306 g/mol. The Kier molecular flexibility index (Phi) is 9.50. The molecule has 0 bridgehead atoms. The van der Waals surface area contributed by atoms with Gasteiger partial charge >= 0.3 is 0 Å². The summed E-state index contributed by atoms with van der Waals surface area (Å²) in [5.41, 5.74) is 0.330. The minimum absolute atomic E-state index is 0. The Hall–Kier alpha value is -0.880. The molecule has 0 saturated carbocycles. The summed E-state index contributed by atoms with van der Waals surface area (Å²) in [5, 5.41) is 3.26. The smallest absolute Gasteiger partial charge is 0.236 e. The number of hydrogen-bond acceptors (Lipinski definition) is 3. The molecular formula is C13H19Cl2FN2O2. The Morgan fingerprint density at radius 2 is 2.20 bits per heavy atom. The first-order chi connectivity index (χ1) is 9.06. The van der Waals surface area contributed by atoms with Crippen molar-refractivity contribution in [2.24, 2.45) is 0 Å². The number of ether oxygens (including phenoxy) is 1. The molecule has 0 atom stereocenters.